The normalized spacial score (nSPS) is 18.1. The lowest BCUT2D eigenvalue weighted by molar-refractivity contribution is -0.902. The first-order valence-electron chi connectivity index (χ1n) is 6.36. The molecule has 1 fully saturated rings. The molecule has 0 aliphatic carbocycles. The van der Waals surface area contributed by atoms with E-state index in [1.54, 1.807) is 16.2 Å². The summed E-state index contributed by atoms with van der Waals surface area (Å²) >= 11 is 1.54. The molecule has 1 aliphatic heterocycles. The van der Waals surface area contributed by atoms with Crippen molar-refractivity contribution in [1.82, 2.24) is 9.88 Å². The van der Waals surface area contributed by atoms with Crippen LogP contribution in [0.25, 0.3) is 0 Å². The first-order chi connectivity index (χ1) is 8.67. The SMILES string of the molecule is CC[NH+]1CCN(Cc2nc(CC(=O)[O-])cs2)CC1. The summed E-state index contributed by atoms with van der Waals surface area (Å²) in [6.07, 6.45) is -0.0791. The molecule has 5 nitrogen and oxygen atoms in total. The maximum absolute atomic E-state index is 10.5. The molecular weight excluding hydrogens is 250 g/mol. The fraction of sp³-hybridized carbons (Fsp3) is 0.667. The maximum atomic E-state index is 10.5. The zero-order valence-electron chi connectivity index (χ0n) is 10.6. The van der Waals surface area contributed by atoms with E-state index in [0.717, 1.165) is 24.6 Å². The highest BCUT2D eigenvalue weighted by atomic mass is 32.1. The van der Waals surface area contributed by atoms with Gasteiger partial charge in [-0.25, -0.2) is 4.98 Å². The van der Waals surface area contributed by atoms with Crippen LogP contribution in [0.1, 0.15) is 17.6 Å². The van der Waals surface area contributed by atoms with Gasteiger partial charge < -0.3 is 14.8 Å². The Morgan fingerprint density at radius 1 is 1.56 bits per heavy atom. The molecule has 1 N–H and O–H groups in total. The number of quaternary nitrogens is 1. The molecule has 0 bridgehead atoms. The number of carboxylic acid groups (broad SMARTS) is 1. The first kappa shape index (κ1) is 13.5. The Morgan fingerprint density at radius 2 is 2.28 bits per heavy atom. The second kappa shape index (κ2) is 6.26. The number of rotatable bonds is 5. The van der Waals surface area contributed by atoms with Gasteiger partial charge in [0.2, 0.25) is 0 Å². The summed E-state index contributed by atoms with van der Waals surface area (Å²) in [5, 5.41) is 13.3. The average Bonchev–Trinajstić information content (AvgIpc) is 2.76. The molecule has 0 amide bonds. The van der Waals surface area contributed by atoms with Gasteiger partial charge in [-0.1, -0.05) is 0 Å². The van der Waals surface area contributed by atoms with Crippen LogP contribution in [0.15, 0.2) is 5.38 Å². The fourth-order valence-electron chi connectivity index (χ4n) is 2.22. The van der Waals surface area contributed by atoms with E-state index in [0.29, 0.717) is 5.69 Å². The summed E-state index contributed by atoms with van der Waals surface area (Å²) in [5.41, 5.74) is 0.618. The highest BCUT2D eigenvalue weighted by Crippen LogP contribution is 2.12. The predicted molar refractivity (Wildman–Crippen MR) is 67.3 cm³/mol. The second-order valence-corrected chi connectivity index (χ2v) is 5.60. The van der Waals surface area contributed by atoms with Crippen LogP contribution < -0.4 is 10.0 Å². The topological polar surface area (TPSA) is 60.7 Å². The molecule has 0 saturated carbocycles. The number of carboxylic acids is 1. The molecule has 2 rings (SSSR count). The Kier molecular flexibility index (Phi) is 4.68. The minimum Gasteiger partial charge on any atom is -0.550 e. The predicted octanol–water partition coefficient (Wildman–Crippen LogP) is -1.84. The van der Waals surface area contributed by atoms with Gasteiger partial charge in [-0.2, -0.15) is 0 Å². The van der Waals surface area contributed by atoms with Gasteiger partial charge in [-0.05, 0) is 6.92 Å². The highest BCUT2D eigenvalue weighted by molar-refractivity contribution is 7.09. The van der Waals surface area contributed by atoms with E-state index in [1.165, 1.54) is 19.6 Å². The number of aromatic nitrogens is 1. The van der Waals surface area contributed by atoms with Crippen molar-refractivity contribution in [3.63, 3.8) is 0 Å². The van der Waals surface area contributed by atoms with Gasteiger partial charge in [0.15, 0.2) is 0 Å². The molecule has 1 aromatic heterocycles. The zero-order chi connectivity index (χ0) is 13.0. The van der Waals surface area contributed by atoms with Crippen molar-refractivity contribution < 1.29 is 14.8 Å². The number of hydrogen-bond donors (Lipinski definition) is 1. The monoisotopic (exact) mass is 269 g/mol. The minimum atomic E-state index is -1.06. The third-order valence-corrected chi connectivity index (χ3v) is 4.23. The average molecular weight is 269 g/mol. The fourth-order valence-corrected chi connectivity index (χ4v) is 3.06. The number of carbonyl (C=O) groups excluding carboxylic acids is 1. The summed E-state index contributed by atoms with van der Waals surface area (Å²) in [6, 6.07) is 0. The largest absolute Gasteiger partial charge is 0.550 e. The van der Waals surface area contributed by atoms with E-state index in [-0.39, 0.29) is 6.42 Å². The number of nitrogens with one attached hydrogen (secondary N) is 1. The molecule has 18 heavy (non-hydrogen) atoms. The third-order valence-electron chi connectivity index (χ3n) is 3.35. The maximum Gasteiger partial charge on any atom is 0.107 e. The number of piperazine rings is 1. The van der Waals surface area contributed by atoms with Crippen molar-refractivity contribution in [3.8, 4) is 0 Å². The molecule has 6 heteroatoms. The van der Waals surface area contributed by atoms with Crippen LogP contribution >= 0.6 is 11.3 Å². The summed E-state index contributed by atoms with van der Waals surface area (Å²) in [7, 11) is 0. The van der Waals surface area contributed by atoms with Crippen molar-refractivity contribution in [3.05, 3.63) is 16.1 Å². The van der Waals surface area contributed by atoms with Gasteiger partial charge in [-0.15, -0.1) is 11.3 Å². The number of hydrogen-bond acceptors (Lipinski definition) is 5. The molecule has 0 radical (unpaired) electrons. The summed E-state index contributed by atoms with van der Waals surface area (Å²) < 4.78 is 0. The number of carbonyl (C=O) groups is 1. The smallest absolute Gasteiger partial charge is 0.107 e. The first-order valence-corrected chi connectivity index (χ1v) is 7.24. The van der Waals surface area contributed by atoms with Crippen LogP contribution in [0.3, 0.4) is 0 Å². The van der Waals surface area contributed by atoms with Crippen LogP contribution in [0.5, 0.6) is 0 Å². The van der Waals surface area contributed by atoms with E-state index < -0.39 is 5.97 Å². The van der Waals surface area contributed by atoms with Gasteiger partial charge in [0.05, 0.1) is 31.9 Å². The van der Waals surface area contributed by atoms with Gasteiger partial charge >= 0.3 is 0 Å². The van der Waals surface area contributed by atoms with Crippen LogP contribution in [-0.4, -0.2) is 48.6 Å². The van der Waals surface area contributed by atoms with E-state index >= 15 is 0 Å². The lowest BCUT2D eigenvalue weighted by atomic mass is 10.3. The van der Waals surface area contributed by atoms with Crippen molar-refractivity contribution in [2.24, 2.45) is 0 Å². The van der Waals surface area contributed by atoms with Gasteiger partial charge in [-0.3, -0.25) is 4.90 Å². The molecular formula is C12H19N3O2S. The number of aliphatic carboxylic acids is 1. The van der Waals surface area contributed by atoms with Gasteiger partial charge in [0.25, 0.3) is 0 Å². The minimum absolute atomic E-state index is 0.0791. The Labute approximate surface area is 111 Å². The molecule has 2 heterocycles. The third kappa shape index (κ3) is 3.76. The Morgan fingerprint density at radius 3 is 2.89 bits per heavy atom. The second-order valence-electron chi connectivity index (χ2n) is 4.66. The van der Waals surface area contributed by atoms with E-state index in [1.807, 2.05) is 5.38 Å². The van der Waals surface area contributed by atoms with E-state index in [2.05, 4.69) is 16.8 Å². The van der Waals surface area contributed by atoms with Crippen LogP contribution in [-0.2, 0) is 17.8 Å². The molecule has 0 aromatic carbocycles. The summed E-state index contributed by atoms with van der Waals surface area (Å²) in [6.45, 7) is 8.83. The van der Waals surface area contributed by atoms with Crippen LogP contribution in [0.4, 0.5) is 0 Å². The molecule has 0 spiro atoms. The summed E-state index contributed by atoms with van der Waals surface area (Å²) in [4.78, 5) is 18.9. The lowest BCUT2D eigenvalue weighted by Gasteiger charge is -2.30. The Balaban J connectivity index is 1.83. The lowest BCUT2D eigenvalue weighted by Crippen LogP contribution is -3.14. The molecule has 100 valence electrons. The Hall–Kier alpha value is -0.980. The number of likely N-dealkylation sites (N-methyl/N-ethyl adjacent to an activating group) is 1. The van der Waals surface area contributed by atoms with Crippen molar-refractivity contribution in [1.29, 1.82) is 0 Å². The quantitative estimate of drug-likeness (QED) is 0.682. The molecule has 1 aromatic rings. The van der Waals surface area contributed by atoms with Gasteiger partial charge in [0, 0.05) is 30.9 Å². The van der Waals surface area contributed by atoms with E-state index in [9.17, 15) is 9.90 Å². The van der Waals surface area contributed by atoms with Crippen LogP contribution in [0, 0.1) is 0 Å². The standard InChI is InChI=1S/C12H19N3O2S/c1-2-14-3-5-15(6-4-14)8-11-13-10(9-18-11)7-12(16)17/h9H,2-8H2,1H3,(H,16,17). The zero-order valence-corrected chi connectivity index (χ0v) is 11.5. The number of thiazole rings is 1. The summed E-state index contributed by atoms with van der Waals surface area (Å²) in [5.74, 6) is -1.06. The van der Waals surface area contributed by atoms with Crippen LogP contribution in [0.2, 0.25) is 0 Å². The molecule has 0 unspecified atom stereocenters. The molecule has 1 aliphatic rings. The Bertz CT molecular complexity index is 400. The van der Waals surface area contributed by atoms with Crippen molar-refractivity contribution in [2.75, 3.05) is 32.7 Å². The van der Waals surface area contributed by atoms with Gasteiger partial charge in [0.1, 0.15) is 5.01 Å². The van der Waals surface area contributed by atoms with E-state index in [4.69, 9.17) is 0 Å². The van der Waals surface area contributed by atoms with Crippen molar-refractivity contribution in [2.45, 2.75) is 19.9 Å². The molecule has 0 atom stereocenters. The van der Waals surface area contributed by atoms with Crippen molar-refractivity contribution >= 4 is 17.3 Å². The number of nitrogens with zero attached hydrogens (tertiary/aromatic N) is 2. The highest BCUT2D eigenvalue weighted by Gasteiger charge is 2.19. The molecule has 1 saturated heterocycles.